The summed E-state index contributed by atoms with van der Waals surface area (Å²) in [6, 6.07) is 2.54. The first kappa shape index (κ1) is 12.1. The minimum Gasteiger partial charge on any atom is -0.292 e. The number of ketones is 1. The number of carbonyl (C=O) groups is 1. The van der Waals surface area contributed by atoms with Crippen molar-refractivity contribution in [2.45, 2.75) is 31.6 Å². The van der Waals surface area contributed by atoms with Crippen molar-refractivity contribution in [2.75, 3.05) is 0 Å². The van der Waals surface area contributed by atoms with Crippen LogP contribution in [-0.4, -0.2) is 16.7 Å². The monoisotopic (exact) mass is 243 g/mol. The van der Waals surface area contributed by atoms with E-state index in [1.54, 1.807) is 0 Å². The number of hydrogen-bond donors (Lipinski definition) is 0. The SMILES string of the molecule is O=C(c1ncccc1F)C1CCC(F)(F)CC1. The molecule has 0 aromatic carbocycles. The average Bonchev–Trinajstić information content (AvgIpc) is 2.29. The standard InChI is InChI=1S/C12H12F3NO/c13-9-2-1-7-16-10(9)11(17)8-3-5-12(14,15)6-4-8/h1-2,7-8H,3-6H2. The number of carbonyl (C=O) groups excluding carboxylic acids is 1. The Hall–Kier alpha value is -1.39. The minimum atomic E-state index is -2.68. The van der Waals surface area contributed by atoms with Gasteiger partial charge in [0.1, 0.15) is 5.69 Å². The summed E-state index contributed by atoms with van der Waals surface area (Å²) in [5, 5.41) is 0. The Morgan fingerprint density at radius 2 is 2.00 bits per heavy atom. The summed E-state index contributed by atoms with van der Waals surface area (Å²) < 4.78 is 39.2. The first-order valence-corrected chi connectivity index (χ1v) is 5.52. The van der Waals surface area contributed by atoms with Crippen molar-refractivity contribution in [3.8, 4) is 0 Å². The number of Topliss-reactive ketones (excluding diaryl/α,β-unsaturated/α-hetero) is 1. The Kier molecular flexibility index (Phi) is 3.17. The van der Waals surface area contributed by atoms with E-state index in [-0.39, 0.29) is 31.4 Å². The summed E-state index contributed by atoms with van der Waals surface area (Å²) in [5.41, 5.74) is -0.234. The lowest BCUT2D eigenvalue weighted by molar-refractivity contribution is -0.0425. The number of halogens is 3. The molecule has 5 heteroatoms. The molecular weight excluding hydrogens is 231 g/mol. The molecule has 0 spiro atoms. The quantitative estimate of drug-likeness (QED) is 0.746. The Morgan fingerprint density at radius 1 is 1.35 bits per heavy atom. The van der Waals surface area contributed by atoms with Crippen molar-refractivity contribution in [3.63, 3.8) is 0 Å². The van der Waals surface area contributed by atoms with Gasteiger partial charge < -0.3 is 0 Å². The van der Waals surface area contributed by atoms with E-state index in [0.717, 1.165) is 6.07 Å². The first-order chi connectivity index (χ1) is 7.99. The Morgan fingerprint density at radius 3 is 2.59 bits per heavy atom. The molecule has 1 aliphatic rings. The Bertz CT molecular complexity index is 424. The van der Waals surface area contributed by atoms with E-state index in [1.165, 1.54) is 12.3 Å². The lowest BCUT2D eigenvalue weighted by Gasteiger charge is -2.27. The number of rotatable bonds is 2. The van der Waals surface area contributed by atoms with Gasteiger partial charge in [-0.3, -0.25) is 9.78 Å². The second-order valence-corrected chi connectivity index (χ2v) is 4.33. The van der Waals surface area contributed by atoms with E-state index in [9.17, 15) is 18.0 Å². The third-order valence-electron chi connectivity index (χ3n) is 3.08. The maximum Gasteiger partial charge on any atom is 0.248 e. The van der Waals surface area contributed by atoms with E-state index in [2.05, 4.69) is 4.98 Å². The van der Waals surface area contributed by atoms with E-state index in [4.69, 9.17) is 0 Å². The summed E-state index contributed by atoms with van der Waals surface area (Å²) in [4.78, 5) is 15.6. The second-order valence-electron chi connectivity index (χ2n) is 4.33. The van der Waals surface area contributed by atoms with E-state index >= 15 is 0 Å². The van der Waals surface area contributed by atoms with Crippen molar-refractivity contribution in [1.82, 2.24) is 4.98 Å². The summed E-state index contributed by atoms with van der Waals surface area (Å²) in [6.45, 7) is 0. The molecule has 1 aromatic rings. The molecule has 1 saturated carbocycles. The molecule has 1 fully saturated rings. The maximum absolute atomic E-state index is 13.3. The number of alkyl halides is 2. The fourth-order valence-corrected chi connectivity index (χ4v) is 2.06. The third kappa shape index (κ3) is 2.65. The fraction of sp³-hybridized carbons (Fsp3) is 0.500. The lowest BCUT2D eigenvalue weighted by atomic mass is 9.83. The van der Waals surface area contributed by atoms with Crippen molar-refractivity contribution >= 4 is 5.78 Å². The molecule has 1 heterocycles. The molecule has 0 atom stereocenters. The molecular formula is C12H12F3NO. The van der Waals surface area contributed by atoms with E-state index in [0.29, 0.717) is 0 Å². The zero-order valence-electron chi connectivity index (χ0n) is 9.13. The normalized spacial score (nSPS) is 20.2. The van der Waals surface area contributed by atoms with Gasteiger partial charge in [-0.15, -0.1) is 0 Å². The molecule has 2 rings (SSSR count). The van der Waals surface area contributed by atoms with Gasteiger partial charge in [-0.25, -0.2) is 13.2 Å². The number of aromatic nitrogens is 1. The largest absolute Gasteiger partial charge is 0.292 e. The highest BCUT2D eigenvalue weighted by Crippen LogP contribution is 2.37. The smallest absolute Gasteiger partial charge is 0.248 e. The predicted molar refractivity (Wildman–Crippen MR) is 55.4 cm³/mol. The topological polar surface area (TPSA) is 30.0 Å². The van der Waals surface area contributed by atoms with Crippen LogP contribution < -0.4 is 0 Å². The summed E-state index contributed by atoms with van der Waals surface area (Å²) in [7, 11) is 0. The predicted octanol–water partition coefficient (Wildman–Crippen LogP) is 3.23. The van der Waals surface area contributed by atoms with Gasteiger partial charge in [0.2, 0.25) is 5.92 Å². The van der Waals surface area contributed by atoms with Crippen LogP contribution in [-0.2, 0) is 0 Å². The average molecular weight is 243 g/mol. The molecule has 2 nitrogen and oxygen atoms in total. The van der Waals surface area contributed by atoms with Crippen LogP contribution in [0.1, 0.15) is 36.2 Å². The van der Waals surface area contributed by atoms with Crippen LogP contribution in [0.2, 0.25) is 0 Å². The number of nitrogens with zero attached hydrogens (tertiary/aromatic N) is 1. The van der Waals surface area contributed by atoms with Gasteiger partial charge in [0, 0.05) is 25.0 Å². The number of hydrogen-bond acceptors (Lipinski definition) is 2. The van der Waals surface area contributed by atoms with Crippen LogP contribution in [0.15, 0.2) is 18.3 Å². The van der Waals surface area contributed by atoms with Gasteiger partial charge in [0.05, 0.1) is 0 Å². The van der Waals surface area contributed by atoms with Gasteiger partial charge >= 0.3 is 0 Å². The van der Waals surface area contributed by atoms with E-state index < -0.39 is 23.4 Å². The van der Waals surface area contributed by atoms with Crippen LogP contribution in [0.3, 0.4) is 0 Å². The molecule has 1 aliphatic carbocycles. The molecule has 0 radical (unpaired) electrons. The van der Waals surface area contributed by atoms with Gasteiger partial charge in [-0.1, -0.05) is 0 Å². The van der Waals surface area contributed by atoms with Crippen molar-refractivity contribution in [1.29, 1.82) is 0 Å². The van der Waals surface area contributed by atoms with Gasteiger partial charge in [0.15, 0.2) is 11.6 Å². The third-order valence-corrected chi connectivity index (χ3v) is 3.08. The van der Waals surface area contributed by atoms with Crippen molar-refractivity contribution < 1.29 is 18.0 Å². The molecule has 0 bridgehead atoms. The van der Waals surface area contributed by atoms with Gasteiger partial charge in [-0.2, -0.15) is 0 Å². The molecule has 17 heavy (non-hydrogen) atoms. The van der Waals surface area contributed by atoms with Crippen molar-refractivity contribution in [3.05, 3.63) is 29.8 Å². The highest BCUT2D eigenvalue weighted by molar-refractivity contribution is 5.96. The van der Waals surface area contributed by atoms with Crippen LogP contribution in [0.25, 0.3) is 0 Å². The van der Waals surface area contributed by atoms with Gasteiger partial charge in [0.25, 0.3) is 0 Å². The Balaban J connectivity index is 2.10. The molecule has 0 amide bonds. The van der Waals surface area contributed by atoms with Crippen LogP contribution in [0, 0.1) is 11.7 Å². The summed E-state index contributed by atoms with van der Waals surface area (Å²) in [6.07, 6.45) is 0.910. The zero-order chi connectivity index (χ0) is 12.5. The highest BCUT2D eigenvalue weighted by atomic mass is 19.3. The van der Waals surface area contributed by atoms with E-state index in [1.807, 2.05) is 0 Å². The molecule has 0 unspecified atom stereocenters. The fourth-order valence-electron chi connectivity index (χ4n) is 2.06. The van der Waals surface area contributed by atoms with Crippen LogP contribution >= 0.6 is 0 Å². The minimum absolute atomic E-state index is 0.0991. The van der Waals surface area contributed by atoms with Gasteiger partial charge in [-0.05, 0) is 25.0 Å². The molecule has 92 valence electrons. The van der Waals surface area contributed by atoms with Crippen LogP contribution in [0.5, 0.6) is 0 Å². The molecule has 0 saturated heterocycles. The second kappa shape index (κ2) is 4.47. The maximum atomic E-state index is 13.3. The zero-order valence-corrected chi connectivity index (χ0v) is 9.13. The highest BCUT2D eigenvalue weighted by Gasteiger charge is 2.38. The first-order valence-electron chi connectivity index (χ1n) is 5.52. The lowest BCUT2D eigenvalue weighted by Crippen LogP contribution is -2.29. The summed E-state index contributed by atoms with van der Waals surface area (Å²) in [5.74, 6) is -4.35. The molecule has 0 N–H and O–H groups in total. The summed E-state index contributed by atoms with van der Waals surface area (Å²) >= 11 is 0. The number of pyridine rings is 1. The molecule has 1 aromatic heterocycles. The Labute approximate surface area is 96.9 Å². The van der Waals surface area contributed by atoms with Crippen LogP contribution in [0.4, 0.5) is 13.2 Å². The van der Waals surface area contributed by atoms with Crippen molar-refractivity contribution in [2.24, 2.45) is 5.92 Å². The molecule has 0 aliphatic heterocycles.